The van der Waals surface area contributed by atoms with Crippen LogP contribution in [0.2, 0.25) is 0 Å². The van der Waals surface area contributed by atoms with E-state index in [0.717, 1.165) is 49.7 Å². The van der Waals surface area contributed by atoms with Crippen LogP contribution in [0.5, 0.6) is 0 Å². The third-order valence-corrected chi connectivity index (χ3v) is 14.6. The van der Waals surface area contributed by atoms with Gasteiger partial charge in [-0.15, -0.1) is 0 Å². The van der Waals surface area contributed by atoms with Crippen molar-refractivity contribution in [2.75, 3.05) is 9.80 Å². The molecule has 0 N–H and O–H groups in total. The highest BCUT2D eigenvalue weighted by molar-refractivity contribution is 7.00. The molecule has 4 heteroatoms. The molecule has 2 atom stereocenters. The van der Waals surface area contributed by atoms with E-state index in [0.29, 0.717) is 5.92 Å². The molecule has 3 nitrogen and oxygen atoms in total. The molecular weight excluding hydrogens is 727 g/mol. The summed E-state index contributed by atoms with van der Waals surface area (Å²) in [6.07, 6.45) is 23.7. The van der Waals surface area contributed by atoms with Crippen molar-refractivity contribution >= 4 is 78.9 Å². The van der Waals surface area contributed by atoms with Gasteiger partial charge >= 0.3 is 0 Å². The first-order chi connectivity index (χ1) is 29.7. The van der Waals surface area contributed by atoms with Crippen molar-refractivity contribution in [2.24, 2.45) is 5.92 Å². The first-order valence-corrected chi connectivity index (χ1v) is 21.9. The zero-order valence-corrected chi connectivity index (χ0v) is 33.4. The minimum atomic E-state index is 0.102. The van der Waals surface area contributed by atoms with E-state index in [4.69, 9.17) is 4.42 Å². The molecule has 4 aliphatic carbocycles. The van der Waals surface area contributed by atoms with Crippen molar-refractivity contribution in [2.45, 2.75) is 44.6 Å². The van der Waals surface area contributed by atoms with E-state index >= 15 is 0 Å². The first kappa shape index (κ1) is 33.1. The van der Waals surface area contributed by atoms with Gasteiger partial charge in [0, 0.05) is 50.7 Å². The quantitative estimate of drug-likeness (QED) is 0.167. The lowest BCUT2D eigenvalue weighted by Crippen LogP contribution is -2.62. The summed E-state index contributed by atoms with van der Waals surface area (Å²) in [7, 11) is 0. The lowest BCUT2D eigenvalue weighted by atomic mass is 9.33. The number of aryl methyl sites for hydroxylation is 1. The van der Waals surface area contributed by atoms with Crippen molar-refractivity contribution in [3.05, 3.63) is 197 Å². The van der Waals surface area contributed by atoms with Crippen LogP contribution in [0.4, 0.5) is 22.7 Å². The lowest BCUT2D eigenvalue weighted by molar-refractivity contribution is 0.669. The molecule has 4 heterocycles. The van der Waals surface area contributed by atoms with Gasteiger partial charge in [-0.1, -0.05) is 121 Å². The van der Waals surface area contributed by atoms with Crippen LogP contribution >= 0.6 is 0 Å². The fraction of sp³-hybridized carbons (Fsp3) is 0.143. The van der Waals surface area contributed by atoms with Gasteiger partial charge in [-0.25, -0.2) is 0 Å². The number of hydrogen-bond donors (Lipinski definition) is 0. The average molecular weight is 769 g/mol. The third-order valence-electron chi connectivity index (χ3n) is 14.6. The van der Waals surface area contributed by atoms with E-state index in [1.165, 1.54) is 100 Å². The second-order valence-corrected chi connectivity index (χ2v) is 17.7. The lowest BCUT2D eigenvalue weighted by Gasteiger charge is -2.44. The highest BCUT2D eigenvalue weighted by atomic mass is 16.3. The zero-order chi connectivity index (χ0) is 39.1. The van der Waals surface area contributed by atoms with Crippen LogP contribution in [-0.2, 0) is 6.42 Å². The Balaban J connectivity index is 0.964. The number of fused-ring (bicyclic) bond motifs is 12. The Labute approximate surface area is 350 Å². The summed E-state index contributed by atoms with van der Waals surface area (Å²) in [5, 5.41) is 2.33. The van der Waals surface area contributed by atoms with Gasteiger partial charge in [0.15, 0.2) is 0 Å². The maximum Gasteiger partial charge on any atom is 0.252 e. The molecule has 3 aliphatic heterocycles. The monoisotopic (exact) mass is 768 g/mol. The summed E-state index contributed by atoms with van der Waals surface area (Å²) in [5.74, 6) is 0.384. The van der Waals surface area contributed by atoms with Gasteiger partial charge in [0.05, 0.1) is 6.04 Å². The molecule has 7 aromatic rings. The Morgan fingerprint density at radius 2 is 1.52 bits per heavy atom. The minimum Gasteiger partial charge on any atom is -0.456 e. The number of para-hydroxylation sites is 2. The molecule has 2 unspecified atom stereocenters. The number of allylic oxidation sites excluding steroid dienone is 9. The summed E-state index contributed by atoms with van der Waals surface area (Å²) < 4.78 is 6.49. The summed E-state index contributed by atoms with van der Waals surface area (Å²) >= 11 is 0. The van der Waals surface area contributed by atoms with Crippen molar-refractivity contribution in [3.8, 4) is 11.1 Å². The fourth-order valence-electron chi connectivity index (χ4n) is 12.0. The average Bonchev–Trinajstić information content (AvgIpc) is 3.85. The molecule has 284 valence electrons. The number of hydrogen-bond acceptors (Lipinski definition) is 3. The molecular formula is C56H41BN2O. The van der Waals surface area contributed by atoms with Crippen LogP contribution in [0.3, 0.4) is 0 Å². The van der Waals surface area contributed by atoms with Gasteiger partial charge in [-0.05, 0) is 142 Å². The summed E-state index contributed by atoms with van der Waals surface area (Å²) in [5.41, 5.74) is 25.4. The molecule has 0 bridgehead atoms. The van der Waals surface area contributed by atoms with Crippen LogP contribution in [0.1, 0.15) is 48.8 Å². The van der Waals surface area contributed by atoms with E-state index < -0.39 is 0 Å². The smallest absolute Gasteiger partial charge is 0.252 e. The Morgan fingerprint density at radius 3 is 2.48 bits per heavy atom. The molecule has 0 fully saturated rings. The molecule has 6 aromatic carbocycles. The Kier molecular flexibility index (Phi) is 6.83. The number of furan rings is 1. The Bertz CT molecular complexity index is 3260. The number of anilines is 4. The minimum absolute atomic E-state index is 0.102. The number of rotatable bonds is 3. The van der Waals surface area contributed by atoms with E-state index in [1.807, 2.05) is 0 Å². The van der Waals surface area contributed by atoms with Gasteiger partial charge in [0.25, 0.3) is 6.71 Å². The molecule has 0 saturated heterocycles. The van der Waals surface area contributed by atoms with Gasteiger partial charge in [0.2, 0.25) is 0 Å². The van der Waals surface area contributed by atoms with E-state index in [-0.39, 0.29) is 12.8 Å². The van der Waals surface area contributed by atoms with E-state index in [2.05, 4.69) is 174 Å². The van der Waals surface area contributed by atoms with Gasteiger partial charge < -0.3 is 14.2 Å². The normalized spacial score (nSPS) is 20.3. The van der Waals surface area contributed by atoms with Crippen LogP contribution in [0.25, 0.3) is 44.2 Å². The third kappa shape index (κ3) is 4.57. The second-order valence-electron chi connectivity index (χ2n) is 17.7. The van der Waals surface area contributed by atoms with Crippen LogP contribution < -0.4 is 26.2 Å². The molecule has 0 spiro atoms. The van der Waals surface area contributed by atoms with Gasteiger partial charge in [0.1, 0.15) is 11.2 Å². The largest absolute Gasteiger partial charge is 0.456 e. The predicted molar refractivity (Wildman–Crippen MR) is 251 cm³/mol. The van der Waals surface area contributed by atoms with Gasteiger partial charge in [-0.3, -0.25) is 0 Å². The molecule has 0 radical (unpaired) electrons. The molecule has 7 aliphatic rings. The predicted octanol–water partition coefficient (Wildman–Crippen LogP) is 12.0. The SMILES string of the molecule is C1=CC(N2c3ccccc3B3c4cc(-c5ccc6c(c5)oc5ccccc56)cc5c4N(c4cccc2c43)C2CC=C(C3C=CC4=C(CCc6ccccc64)C3)C=C52)=CCC1. The van der Waals surface area contributed by atoms with Gasteiger partial charge in [-0.2, -0.15) is 0 Å². The van der Waals surface area contributed by atoms with Crippen molar-refractivity contribution < 1.29 is 4.42 Å². The Morgan fingerprint density at radius 1 is 0.650 bits per heavy atom. The maximum absolute atomic E-state index is 6.49. The highest BCUT2D eigenvalue weighted by Gasteiger charge is 2.49. The van der Waals surface area contributed by atoms with Crippen LogP contribution in [0.15, 0.2) is 185 Å². The summed E-state index contributed by atoms with van der Waals surface area (Å²) in [6.45, 7) is 0.102. The van der Waals surface area contributed by atoms with E-state index in [1.54, 1.807) is 5.57 Å². The van der Waals surface area contributed by atoms with E-state index in [9.17, 15) is 0 Å². The van der Waals surface area contributed by atoms with Crippen molar-refractivity contribution in [3.63, 3.8) is 0 Å². The zero-order valence-electron chi connectivity index (χ0n) is 33.4. The summed E-state index contributed by atoms with van der Waals surface area (Å²) in [6, 6.07) is 45.8. The second kappa shape index (κ2) is 12.4. The van der Waals surface area contributed by atoms with Crippen molar-refractivity contribution in [1.82, 2.24) is 0 Å². The molecule has 14 rings (SSSR count). The van der Waals surface area contributed by atoms with Crippen LogP contribution in [0, 0.1) is 5.92 Å². The summed E-state index contributed by atoms with van der Waals surface area (Å²) in [4.78, 5) is 5.28. The Hall–Kier alpha value is -6.78. The maximum atomic E-state index is 6.49. The topological polar surface area (TPSA) is 19.6 Å². The first-order valence-electron chi connectivity index (χ1n) is 21.9. The number of benzene rings is 6. The highest BCUT2D eigenvalue weighted by Crippen LogP contribution is 2.53. The molecule has 60 heavy (non-hydrogen) atoms. The number of nitrogens with zero attached hydrogens (tertiary/aromatic N) is 2. The standard InChI is InChI=1S/C56H41BN2O/c1-2-12-40(13-3-1)58-50-17-8-7-16-47(50)57-48-32-39(37-24-27-44-43-15-6-9-20-53(43)60-54(44)33-37)31-46-45-30-36(25-28-49(45)59(56(46)48)52-19-10-18-51(58)55(52)57)35-23-26-42-38(29-35)22-21-34-11-4-5-14-41(34)42/h2,4-20,23-27,30-33,35,49H,1,3,21-22,28-29H2. The van der Waals surface area contributed by atoms with Crippen molar-refractivity contribution in [1.29, 1.82) is 0 Å². The fourth-order valence-corrected chi connectivity index (χ4v) is 12.0. The molecule has 0 amide bonds. The molecule has 0 saturated carbocycles. The molecule has 1 aromatic heterocycles. The van der Waals surface area contributed by atoms with Crippen LogP contribution in [-0.4, -0.2) is 12.8 Å².